The van der Waals surface area contributed by atoms with Crippen LogP contribution < -0.4 is 4.74 Å². The van der Waals surface area contributed by atoms with Gasteiger partial charge in [-0.05, 0) is 43.0 Å². The predicted octanol–water partition coefficient (Wildman–Crippen LogP) is 2.33. The van der Waals surface area contributed by atoms with Gasteiger partial charge < -0.3 is 14.7 Å². The van der Waals surface area contributed by atoms with Crippen LogP contribution in [0.5, 0.6) is 5.75 Å². The van der Waals surface area contributed by atoms with E-state index in [1.165, 1.54) is 0 Å². The standard InChI is InChI=1S/C16H23NO3/c1-17(12-4-3-5-13-18)16(19)11-8-14-6-9-15(20-2)10-7-14/h6-11,18H,3-5,12-13H2,1-2H3/b11-8+. The van der Waals surface area contributed by atoms with E-state index >= 15 is 0 Å². The number of hydrogen-bond donors (Lipinski definition) is 1. The Labute approximate surface area is 120 Å². The first-order valence-corrected chi connectivity index (χ1v) is 6.85. The smallest absolute Gasteiger partial charge is 0.246 e. The lowest BCUT2D eigenvalue weighted by molar-refractivity contribution is -0.124. The van der Waals surface area contributed by atoms with Crippen molar-refractivity contribution < 1.29 is 14.6 Å². The van der Waals surface area contributed by atoms with E-state index in [2.05, 4.69) is 0 Å². The van der Waals surface area contributed by atoms with Gasteiger partial charge in [-0.2, -0.15) is 0 Å². The summed E-state index contributed by atoms with van der Waals surface area (Å²) < 4.78 is 5.08. The van der Waals surface area contributed by atoms with Gasteiger partial charge in [0.25, 0.3) is 0 Å². The van der Waals surface area contributed by atoms with Gasteiger partial charge in [-0.3, -0.25) is 4.79 Å². The Morgan fingerprint density at radius 2 is 1.95 bits per heavy atom. The minimum atomic E-state index is -0.00943. The van der Waals surface area contributed by atoms with Crippen molar-refractivity contribution in [2.24, 2.45) is 0 Å². The van der Waals surface area contributed by atoms with E-state index in [-0.39, 0.29) is 12.5 Å². The highest BCUT2D eigenvalue weighted by molar-refractivity contribution is 5.91. The van der Waals surface area contributed by atoms with Crippen LogP contribution in [0.4, 0.5) is 0 Å². The van der Waals surface area contributed by atoms with Crippen LogP contribution in [-0.2, 0) is 4.79 Å². The van der Waals surface area contributed by atoms with Crippen molar-refractivity contribution in [2.45, 2.75) is 19.3 Å². The molecule has 0 atom stereocenters. The van der Waals surface area contributed by atoms with Crippen LogP contribution in [0.25, 0.3) is 6.08 Å². The molecule has 4 heteroatoms. The highest BCUT2D eigenvalue weighted by Crippen LogP contribution is 2.12. The lowest BCUT2D eigenvalue weighted by Gasteiger charge is -2.14. The second-order valence-corrected chi connectivity index (χ2v) is 4.65. The average molecular weight is 277 g/mol. The second kappa shape index (κ2) is 9.15. The molecule has 0 bridgehead atoms. The molecule has 0 saturated heterocycles. The number of methoxy groups -OCH3 is 1. The number of rotatable bonds is 8. The summed E-state index contributed by atoms with van der Waals surface area (Å²) in [5, 5.41) is 8.69. The van der Waals surface area contributed by atoms with Crippen molar-refractivity contribution in [1.82, 2.24) is 4.90 Å². The zero-order valence-corrected chi connectivity index (χ0v) is 12.2. The Hall–Kier alpha value is -1.81. The summed E-state index contributed by atoms with van der Waals surface area (Å²) in [6.45, 7) is 0.931. The number of amides is 1. The molecule has 0 fully saturated rings. The van der Waals surface area contributed by atoms with Crippen LogP contribution >= 0.6 is 0 Å². The maximum atomic E-state index is 11.9. The molecule has 1 amide bonds. The highest BCUT2D eigenvalue weighted by Gasteiger charge is 2.03. The first-order chi connectivity index (χ1) is 9.67. The quantitative estimate of drug-likeness (QED) is 0.586. The van der Waals surface area contributed by atoms with Crippen LogP contribution in [0.2, 0.25) is 0 Å². The third-order valence-corrected chi connectivity index (χ3v) is 3.06. The molecule has 1 N–H and O–H groups in total. The van der Waals surface area contributed by atoms with E-state index in [0.29, 0.717) is 6.54 Å². The molecule has 4 nitrogen and oxygen atoms in total. The topological polar surface area (TPSA) is 49.8 Å². The molecule has 0 unspecified atom stereocenters. The maximum absolute atomic E-state index is 11.9. The molecule has 0 heterocycles. The Balaban J connectivity index is 2.41. The first kappa shape index (κ1) is 16.2. The molecular formula is C16H23NO3. The van der Waals surface area contributed by atoms with E-state index in [9.17, 15) is 4.79 Å². The van der Waals surface area contributed by atoms with Gasteiger partial charge in [0.2, 0.25) is 5.91 Å². The highest BCUT2D eigenvalue weighted by atomic mass is 16.5. The molecule has 0 aliphatic carbocycles. The third-order valence-electron chi connectivity index (χ3n) is 3.06. The number of unbranched alkanes of at least 4 members (excludes halogenated alkanes) is 2. The van der Waals surface area contributed by atoms with Gasteiger partial charge in [-0.1, -0.05) is 12.1 Å². The molecule has 0 aromatic heterocycles. The average Bonchev–Trinajstić information content (AvgIpc) is 2.49. The van der Waals surface area contributed by atoms with E-state index in [0.717, 1.165) is 30.6 Å². The van der Waals surface area contributed by atoms with Gasteiger partial charge in [-0.25, -0.2) is 0 Å². The van der Waals surface area contributed by atoms with E-state index in [4.69, 9.17) is 9.84 Å². The normalized spacial score (nSPS) is 10.8. The minimum absolute atomic E-state index is 0.00943. The number of aliphatic hydroxyl groups is 1. The molecule has 0 aliphatic heterocycles. The summed E-state index contributed by atoms with van der Waals surface area (Å²) in [5.41, 5.74) is 0.966. The summed E-state index contributed by atoms with van der Waals surface area (Å²) in [4.78, 5) is 13.6. The fourth-order valence-electron chi connectivity index (χ4n) is 1.76. The Bertz CT molecular complexity index is 426. The lowest BCUT2D eigenvalue weighted by atomic mass is 10.2. The predicted molar refractivity (Wildman–Crippen MR) is 80.6 cm³/mol. The van der Waals surface area contributed by atoms with E-state index in [1.807, 2.05) is 24.3 Å². The van der Waals surface area contributed by atoms with Gasteiger partial charge in [0.1, 0.15) is 5.75 Å². The minimum Gasteiger partial charge on any atom is -0.497 e. The number of benzene rings is 1. The fourth-order valence-corrected chi connectivity index (χ4v) is 1.76. The van der Waals surface area contributed by atoms with Gasteiger partial charge in [0, 0.05) is 26.3 Å². The van der Waals surface area contributed by atoms with Crippen molar-refractivity contribution in [3.8, 4) is 5.75 Å². The van der Waals surface area contributed by atoms with Gasteiger partial charge in [-0.15, -0.1) is 0 Å². The SMILES string of the molecule is COc1ccc(/C=C/C(=O)N(C)CCCCCO)cc1. The monoisotopic (exact) mass is 277 g/mol. The molecule has 20 heavy (non-hydrogen) atoms. The summed E-state index contributed by atoms with van der Waals surface area (Å²) in [6, 6.07) is 7.54. The van der Waals surface area contributed by atoms with Crippen molar-refractivity contribution in [2.75, 3.05) is 27.3 Å². The van der Waals surface area contributed by atoms with Crippen LogP contribution in [0.1, 0.15) is 24.8 Å². The van der Waals surface area contributed by atoms with Crippen LogP contribution in [0.3, 0.4) is 0 Å². The largest absolute Gasteiger partial charge is 0.497 e. The second-order valence-electron chi connectivity index (χ2n) is 4.65. The summed E-state index contributed by atoms with van der Waals surface area (Å²) in [6.07, 6.45) is 6.03. The zero-order chi connectivity index (χ0) is 14.8. The van der Waals surface area contributed by atoms with Gasteiger partial charge >= 0.3 is 0 Å². The first-order valence-electron chi connectivity index (χ1n) is 6.85. The number of nitrogens with zero attached hydrogens (tertiary/aromatic N) is 1. The molecule has 0 spiro atoms. The van der Waals surface area contributed by atoms with Crippen LogP contribution in [0, 0.1) is 0 Å². The van der Waals surface area contributed by atoms with Gasteiger partial charge in [0.15, 0.2) is 0 Å². The molecular weight excluding hydrogens is 254 g/mol. The van der Waals surface area contributed by atoms with Crippen LogP contribution in [-0.4, -0.2) is 43.2 Å². The Kier molecular flexibility index (Phi) is 7.43. The molecule has 1 aromatic rings. The molecule has 1 rings (SSSR count). The number of aliphatic hydroxyl groups excluding tert-OH is 1. The zero-order valence-electron chi connectivity index (χ0n) is 12.2. The van der Waals surface area contributed by atoms with Crippen LogP contribution in [0.15, 0.2) is 30.3 Å². The number of carbonyl (C=O) groups excluding carboxylic acids is 1. The number of likely N-dealkylation sites (N-methyl/N-ethyl adjacent to an activating group) is 1. The molecule has 0 saturated carbocycles. The third kappa shape index (κ3) is 5.89. The maximum Gasteiger partial charge on any atom is 0.246 e. The molecule has 0 radical (unpaired) electrons. The lowest BCUT2D eigenvalue weighted by Crippen LogP contribution is -2.25. The van der Waals surface area contributed by atoms with E-state index in [1.54, 1.807) is 31.2 Å². The van der Waals surface area contributed by atoms with Crippen molar-refractivity contribution in [1.29, 1.82) is 0 Å². The summed E-state index contributed by atoms with van der Waals surface area (Å²) >= 11 is 0. The van der Waals surface area contributed by atoms with Crippen molar-refractivity contribution in [3.63, 3.8) is 0 Å². The molecule has 110 valence electrons. The number of hydrogen-bond acceptors (Lipinski definition) is 3. The fraction of sp³-hybridized carbons (Fsp3) is 0.438. The summed E-state index contributed by atoms with van der Waals surface area (Å²) in [5.74, 6) is 0.791. The molecule has 1 aromatic carbocycles. The van der Waals surface area contributed by atoms with Gasteiger partial charge in [0.05, 0.1) is 7.11 Å². The molecule has 0 aliphatic rings. The van der Waals surface area contributed by atoms with Crippen molar-refractivity contribution >= 4 is 12.0 Å². The summed E-state index contributed by atoms with van der Waals surface area (Å²) in [7, 11) is 3.42. The number of ether oxygens (including phenoxy) is 1. The Morgan fingerprint density at radius 1 is 1.25 bits per heavy atom. The number of carbonyl (C=O) groups is 1. The van der Waals surface area contributed by atoms with Crippen molar-refractivity contribution in [3.05, 3.63) is 35.9 Å². The Morgan fingerprint density at radius 3 is 2.55 bits per heavy atom. The van der Waals surface area contributed by atoms with E-state index < -0.39 is 0 Å².